The van der Waals surface area contributed by atoms with E-state index >= 15 is 0 Å². The molecular formula is C11H17NOS. The standard InChI is InChI=1S/C11H17NOS/c1-9(11-3-2-8-14-11)13-10-4-6-12-7-5-10/h2-3,8-10,12H,4-7H2,1H3/t9-/m1/s1. The third-order valence-electron chi connectivity index (χ3n) is 2.63. The maximum absolute atomic E-state index is 6.01. The van der Waals surface area contributed by atoms with Crippen LogP contribution < -0.4 is 5.32 Å². The average Bonchev–Trinajstić information content (AvgIpc) is 2.72. The van der Waals surface area contributed by atoms with Crippen LogP contribution in [-0.2, 0) is 4.74 Å². The van der Waals surface area contributed by atoms with E-state index in [1.807, 2.05) is 0 Å². The van der Waals surface area contributed by atoms with Crippen molar-refractivity contribution in [3.05, 3.63) is 22.4 Å². The van der Waals surface area contributed by atoms with Crippen LogP contribution in [0.2, 0.25) is 0 Å². The minimum atomic E-state index is 0.262. The highest BCUT2D eigenvalue weighted by Gasteiger charge is 2.17. The van der Waals surface area contributed by atoms with Crippen LogP contribution in [0.15, 0.2) is 17.5 Å². The Morgan fingerprint density at radius 2 is 2.29 bits per heavy atom. The van der Waals surface area contributed by atoms with E-state index in [2.05, 4.69) is 29.8 Å². The van der Waals surface area contributed by atoms with Crippen LogP contribution in [0.3, 0.4) is 0 Å². The largest absolute Gasteiger partial charge is 0.370 e. The lowest BCUT2D eigenvalue weighted by molar-refractivity contribution is -0.0169. The third kappa shape index (κ3) is 2.56. The molecule has 0 radical (unpaired) electrons. The van der Waals surface area contributed by atoms with Crippen molar-refractivity contribution in [2.24, 2.45) is 0 Å². The number of rotatable bonds is 3. The number of piperidine rings is 1. The second-order valence-electron chi connectivity index (χ2n) is 3.74. The van der Waals surface area contributed by atoms with Gasteiger partial charge in [0.15, 0.2) is 0 Å². The summed E-state index contributed by atoms with van der Waals surface area (Å²) in [5, 5.41) is 5.45. The van der Waals surface area contributed by atoms with Crippen LogP contribution in [0.1, 0.15) is 30.7 Å². The van der Waals surface area contributed by atoms with Crippen LogP contribution in [0.5, 0.6) is 0 Å². The molecule has 1 fully saturated rings. The summed E-state index contributed by atoms with van der Waals surface area (Å²) >= 11 is 1.78. The predicted octanol–water partition coefficient (Wildman–Crippen LogP) is 2.58. The fourth-order valence-electron chi connectivity index (χ4n) is 1.81. The molecule has 0 aliphatic carbocycles. The van der Waals surface area contributed by atoms with E-state index in [9.17, 15) is 0 Å². The van der Waals surface area contributed by atoms with Gasteiger partial charge in [-0.15, -0.1) is 11.3 Å². The van der Waals surface area contributed by atoms with Gasteiger partial charge in [-0.05, 0) is 44.3 Å². The third-order valence-corrected chi connectivity index (χ3v) is 3.66. The van der Waals surface area contributed by atoms with Gasteiger partial charge in [0.05, 0.1) is 12.2 Å². The van der Waals surface area contributed by atoms with Crippen molar-refractivity contribution in [3.63, 3.8) is 0 Å². The molecule has 78 valence electrons. The van der Waals surface area contributed by atoms with Gasteiger partial charge in [-0.25, -0.2) is 0 Å². The minimum Gasteiger partial charge on any atom is -0.370 e. The Kier molecular flexibility index (Phi) is 3.56. The van der Waals surface area contributed by atoms with Crippen molar-refractivity contribution < 1.29 is 4.74 Å². The van der Waals surface area contributed by atoms with Gasteiger partial charge in [0.2, 0.25) is 0 Å². The van der Waals surface area contributed by atoms with E-state index in [1.165, 1.54) is 4.88 Å². The van der Waals surface area contributed by atoms with Crippen LogP contribution in [0.25, 0.3) is 0 Å². The van der Waals surface area contributed by atoms with Crippen LogP contribution in [0.4, 0.5) is 0 Å². The molecule has 0 aromatic carbocycles. The number of hydrogen-bond acceptors (Lipinski definition) is 3. The predicted molar refractivity (Wildman–Crippen MR) is 59.7 cm³/mol. The molecule has 0 bridgehead atoms. The molecule has 0 amide bonds. The fraction of sp³-hybridized carbons (Fsp3) is 0.636. The smallest absolute Gasteiger partial charge is 0.0892 e. The summed E-state index contributed by atoms with van der Waals surface area (Å²) < 4.78 is 6.01. The molecule has 1 saturated heterocycles. The highest BCUT2D eigenvalue weighted by Crippen LogP contribution is 2.25. The number of nitrogens with one attached hydrogen (secondary N) is 1. The van der Waals surface area contributed by atoms with Gasteiger partial charge in [-0.3, -0.25) is 0 Å². The quantitative estimate of drug-likeness (QED) is 0.829. The van der Waals surface area contributed by atoms with E-state index in [0.29, 0.717) is 6.10 Å². The monoisotopic (exact) mass is 211 g/mol. The SMILES string of the molecule is C[C@@H](OC1CCNCC1)c1cccs1. The molecule has 1 aliphatic rings. The maximum Gasteiger partial charge on any atom is 0.0892 e. The van der Waals surface area contributed by atoms with Gasteiger partial charge in [-0.1, -0.05) is 6.07 Å². The summed E-state index contributed by atoms with van der Waals surface area (Å²) in [5.41, 5.74) is 0. The second-order valence-corrected chi connectivity index (χ2v) is 4.72. The molecule has 1 atom stereocenters. The molecule has 0 saturated carbocycles. The van der Waals surface area contributed by atoms with Crippen LogP contribution >= 0.6 is 11.3 Å². The molecule has 0 spiro atoms. The zero-order chi connectivity index (χ0) is 9.80. The fourth-order valence-corrected chi connectivity index (χ4v) is 2.53. The molecule has 1 N–H and O–H groups in total. The minimum absolute atomic E-state index is 0.262. The van der Waals surface area contributed by atoms with Gasteiger partial charge in [0, 0.05) is 4.88 Å². The van der Waals surface area contributed by atoms with Crippen molar-refractivity contribution in [2.45, 2.75) is 32.0 Å². The van der Waals surface area contributed by atoms with Gasteiger partial charge in [0.25, 0.3) is 0 Å². The van der Waals surface area contributed by atoms with E-state index in [4.69, 9.17) is 4.74 Å². The van der Waals surface area contributed by atoms with E-state index in [1.54, 1.807) is 11.3 Å². The molecule has 2 rings (SSSR count). The Bertz CT molecular complexity index is 254. The normalized spacial score (nSPS) is 20.9. The molecule has 2 nitrogen and oxygen atoms in total. The molecule has 1 aliphatic heterocycles. The second kappa shape index (κ2) is 4.91. The van der Waals surface area contributed by atoms with Gasteiger partial charge in [0.1, 0.15) is 0 Å². The molecule has 2 heterocycles. The van der Waals surface area contributed by atoms with Gasteiger partial charge >= 0.3 is 0 Å². The summed E-state index contributed by atoms with van der Waals surface area (Å²) in [6, 6.07) is 4.23. The first kappa shape index (κ1) is 10.1. The lowest BCUT2D eigenvalue weighted by Crippen LogP contribution is -2.32. The zero-order valence-corrected chi connectivity index (χ0v) is 9.35. The van der Waals surface area contributed by atoms with Crippen molar-refractivity contribution in [1.29, 1.82) is 0 Å². The first-order valence-corrected chi connectivity index (χ1v) is 6.14. The summed E-state index contributed by atoms with van der Waals surface area (Å²) in [6.07, 6.45) is 3.01. The number of hydrogen-bond donors (Lipinski definition) is 1. The highest BCUT2D eigenvalue weighted by molar-refractivity contribution is 7.10. The molecule has 14 heavy (non-hydrogen) atoms. The molecule has 3 heteroatoms. The Labute approximate surface area is 89.3 Å². The Morgan fingerprint density at radius 1 is 1.50 bits per heavy atom. The maximum atomic E-state index is 6.01. The summed E-state index contributed by atoms with van der Waals surface area (Å²) in [4.78, 5) is 1.34. The number of thiophene rings is 1. The van der Waals surface area contributed by atoms with E-state index in [0.717, 1.165) is 25.9 Å². The molecule has 1 aromatic rings. The van der Waals surface area contributed by atoms with E-state index < -0.39 is 0 Å². The van der Waals surface area contributed by atoms with Gasteiger partial charge in [-0.2, -0.15) is 0 Å². The molecule has 1 aromatic heterocycles. The van der Waals surface area contributed by atoms with Crippen LogP contribution in [0, 0.1) is 0 Å². The van der Waals surface area contributed by atoms with Gasteiger partial charge < -0.3 is 10.1 Å². The van der Waals surface area contributed by atoms with Crippen LogP contribution in [-0.4, -0.2) is 19.2 Å². The number of ether oxygens (including phenoxy) is 1. The lowest BCUT2D eigenvalue weighted by atomic mass is 10.1. The lowest BCUT2D eigenvalue weighted by Gasteiger charge is -2.25. The average molecular weight is 211 g/mol. The van der Waals surface area contributed by atoms with Crippen molar-refractivity contribution >= 4 is 11.3 Å². The first-order chi connectivity index (χ1) is 6.86. The molecular weight excluding hydrogens is 194 g/mol. The highest BCUT2D eigenvalue weighted by atomic mass is 32.1. The summed E-state index contributed by atoms with van der Waals surface area (Å²) in [7, 11) is 0. The summed E-state index contributed by atoms with van der Waals surface area (Å²) in [6.45, 7) is 4.34. The molecule has 0 unspecified atom stereocenters. The first-order valence-electron chi connectivity index (χ1n) is 5.26. The van der Waals surface area contributed by atoms with Crippen molar-refractivity contribution in [3.8, 4) is 0 Å². The topological polar surface area (TPSA) is 21.3 Å². The zero-order valence-electron chi connectivity index (χ0n) is 8.53. The Balaban J connectivity index is 1.84. The van der Waals surface area contributed by atoms with Crippen molar-refractivity contribution in [2.75, 3.05) is 13.1 Å². The van der Waals surface area contributed by atoms with E-state index in [-0.39, 0.29) is 6.10 Å². The Morgan fingerprint density at radius 3 is 2.93 bits per heavy atom. The Hall–Kier alpha value is -0.380. The van der Waals surface area contributed by atoms with Crippen molar-refractivity contribution in [1.82, 2.24) is 5.32 Å². The summed E-state index contributed by atoms with van der Waals surface area (Å²) in [5.74, 6) is 0.